The first kappa shape index (κ1) is 18.8. The van der Waals surface area contributed by atoms with Crippen molar-refractivity contribution in [2.45, 2.75) is 19.7 Å². The number of rotatable bonds is 8. The molecule has 3 aromatic rings. The van der Waals surface area contributed by atoms with Gasteiger partial charge in [0.1, 0.15) is 11.5 Å². The van der Waals surface area contributed by atoms with E-state index in [1.54, 1.807) is 19.2 Å². The van der Waals surface area contributed by atoms with Crippen LogP contribution in [0.2, 0.25) is 0 Å². The minimum atomic E-state index is -2.83. The molecule has 6 nitrogen and oxygen atoms in total. The lowest BCUT2D eigenvalue weighted by Gasteiger charge is -2.14. The van der Waals surface area contributed by atoms with E-state index < -0.39 is 6.61 Å². The molecule has 0 unspecified atom stereocenters. The van der Waals surface area contributed by atoms with Gasteiger partial charge in [-0.3, -0.25) is 4.90 Å². The fourth-order valence-electron chi connectivity index (χ4n) is 2.63. The first-order valence-electron chi connectivity index (χ1n) is 8.23. The van der Waals surface area contributed by atoms with Gasteiger partial charge in [0, 0.05) is 6.54 Å². The van der Waals surface area contributed by atoms with Crippen molar-refractivity contribution in [3.05, 3.63) is 60.0 Å². The first-order valence-corrected chi connectivity index (χ1v) is 8.23. The summed E-state index contributed by atoms with van der Waals surface area (Å²) in [7, 11) is 3.49. The maximum Gasteiger partial charge on any atom is 0.387 e. The van der Waals surface area contributed by atoms with E-state index in [2.05, 4.69) is 14.9 Å². The summed E-state index contributed by atoms with van der Waals surface area (Å²) in [6.07, 6.45) is 0. The van der Waals surface area contributed by atoms with E-state index in [-0.39, 0.29) is 5.75 Å². The van der Waals surface area contributed by atoms with E-state index in [4.69, 9.17) is 9.26 Å². The van der Waals surface area contributed by atoms with Crippen molar-refractivity contribution in [2.75, 3.05) is 14.2 Å². The molecular weight excluding hydrogens is 356 g/mol. The summed E-state index contributed by atoms with van der Waals surface area (Å²) in [6.45, 7) is -1.80. The Balaban J connectivity index is 1.61. The van der Waals surface area contributed by atoms with E-state index in [0.29, 0.717) is 30.6 Å². The molecule has 0 N–H and O–H groups in total. The zero-order valence-corrected chi connectivity index (χ0v) is 14.9. The highest BCUT2D eigenvalue weighted by Crippen LogP contribution is 2.27. The maximum atomic E-state index is 12.2. The normalized spacial score (nSPS) is 11.2. The summed E-state index contributed by atoms with van der Waals surface area (Å²) in [6, 6.07) is 13.9. The Hall–Kier alpha value is -3.00. The molecule has 0 saturated carbocycles. The van der Waals surface area contributed by atoms with Crippen molar-refractivity contribution in [1.29, 1.82) is 0 Å². The van der Waals surface area contributed by atoms with Gasteiger partial charge < -0.3 is 14.0 Å². The van der Waals surface area contributed by atoms with Crippen LogP contribution in [0.5, 0.6) is 11.5 Å². The van der Waals surface area contributed by atoms with Crippen LogP contribution in [-0.4, -0.2) is 35.8 Å². The average molecular weight is 375 g/mol. The number of nitrogens with zero attached hydrogens (tertiary/aromatic N) is 3. The summed E-state index contributed by atoms with van der Waals surface area (Å²) in [5.41, 5.74) is 1.70. The van der Waals surface area contributed by atoms with Gasteiger partial charge in [-0.15, -0.1) is 0 Å². The quantitative estimate of drug-likeness (QED) is 0.594. The van der Waals surface area contributed by atoms with Gasteiger partial charge in [-0.2, -0.15) is 13.8 Å². The molecule has 0 aliphatic rings. The van der Waals surface area contributed by atoms with Crippen molar-refractivity contribution in [3.8, 4) is 22.9 Å². The fraction of sp³-hybridized carbons (Fsp3) is 0.263. The molecule has 0 bridgehead atoms. The summed E-state index contributed by atoms with van der Waals surface area (Å²) in [4.78, 5) is 6.39. The van der Waals surface area contributed by atoms with Crippen molar-refractivity contribution < 1.29 is 22.8 Å². The van der Waals surface area contributed by atoms with Crippen LogP contribution in [0.3, 0.4) is 0 Å². The second-order valence-corrected chi connectivity index (χ2v) is 5.91. The molecule has 1 heterocycles. The van der Waals surface area contributed by atoms with Crippen LogP contribution in [0, 0.1) is 0 Å². The Morgan fingerprint density at radius 3 is 2.52 bits per heavy atom. The van der Waals surface area contributed by atoms with Gasteiger partial charge in [0.05, 0.1) is 19.2 Å². The number of methoxy groups -OCH3 is 1. The number of aromatic nitrogens is 2. The topological polar surface area (TPSA) is 60.6 Å². The molecule has 1 aromatic heterocycles. The van der Waals surface area contributed by atoms with Gasteiger partial charge in [-0.25, -0.2) is 0 Å². The predicted molar refractivity (Wildman–Crippen MR) is 94.5 cm³/mol. The predicted octanol–water partition coefficient (Wildman–Crippen LogP) is 3.98. The van der Waals surface area contributed by atoms with Crippen LogP contribution in [0.1, 0.15) is 11.5 Å². The van der Waals surface area contributed by atoms with Crippen LogP contribution in [0.15, 0.2) is 53.1 Å². The molecule has 27 heavy (non-hydrogen) atoms. The van der Waals surface area contributed by atoms with Crippen molar-refractivity contribution in [3.63, 3.8) is 0 Å². The van der Waals surface area contributed by atoms with Crippen LogP contribution in [-0.2, 0) is 13.1 Å². The van der Waals surface area contributed by atoms with Crippen LogP contribution in [0.25, 0.3) is 11.4 Å². The Morgan fingerprint density at radius 1 is 1.07 bits per heavy atom. The number of hydrogen-bond donors (Lipinski definition) is 0. The number of para-hydroxylation sites is 1. The lowest BCUT2D eigenvalue weighted by molar-refractivity contribution is -0.0498. The monoisotopic (exact) mass is 375 g/mol. The van der Waals surface area contributed by atoms with Crippen LogP contribution in [0.4, 0.5) is 8.78 Å². The van der Waals surface area contributed by atoms with Gasteiger partial charge in [-0.1, -0.05) is 29.4 Å². The SMILES string of the molecule is COc1ccccc1-c1noc(CN(C)Cc2ccc(OC(F)F)cc2)n1. The molecule has 0 fully saturated rings. The third-order valence-electron chi connectivity index (χ3n) is 3.82. The number of alkyl halides is 2. The molecule has 0 atom stereocenters. The third kappa shape index (κ3) is 5.01. The van der Waals surface area contributed by atoms with Gasteiger partial charge in [0.15, 0.2) is 0 Å². The van der Waals surface area contributed by atoms with Gasteiger partial charge in [0.25, 0.3) is 0 Å². The second-order valence-electron chi connectivity index (χ2n) is 5.91. The molecule has 0 aliphatic heterocycles. The van der Waals surface area contributed by atoms with E-state index in [1.807, 2.05) is 36.2 Å². The number of hydrogen-bond acceptors (Lipinski definition) is 6. The molecule has 0 spiro atoms. The third-order valence-corrected chi connectivity index (χ3v) is 3.82. The van der Waals surface area contributed by atoms with E-state index >= 15 is 0 Å². The molecule has 0 saturated heterocycles. The molecular formula is C19H19F2N3O3. The van der Waals surface area contributed by atoms with E-state index in [1.165, 1.54) is 12.1 Å². The van der Waals surface area contributed by atoms with Crippen molar-refractivity contribution >= 4 is 0 Å². The van der Waals surface area contributed by atoms with E-state index in [0.717, 1.165) is 11.1 Å². The van der Waals surface area contributed by atoms with Gasteiger partial charge >= 0.3 is 6.61 Å². The standard InChI is InChI=1S/C19H19F2N3O3/c1-24(11-13-7-9-14(10-8-13)26-19(20)21)12-17-22-18(23-27-17)15-5-3-4-6-16(15)25-2/h3-10,19H,11-12H2,1-2H3. The number of benzene rings is 2. The van der Waals surface area contributed by atoms with Crippen molar-refractivity contribution in [2.24, 2.45) is 0 Å². The first-order chi connectivity index (χ1) is 13.0. The average Bonchev–Trinajstić information content (AvgIpc) is 3.11. The molecule has 142 valence electrons. The highest BCUT2D eigenvalue weighted by molar-refractivity contribution is 5.63. The highest BCUT2D eigenvalue weighted by Gasteiger charge is 2.14. The second kappa shape index (κ2) is 8.59. The van der Waals surface area contributed by atoms with Gasteiger partial charge in [0.2, 0.25) is 11.7 Å². The highest BCUT2D eigenvalue weighted by atomic mass is 19.3. The van der Waals surface area contributed by atoms with Crippen molar-refractivity contribution in [1.82, 2.24) is 15.0 Å². The Labute approximate surface area is 155 Å². The Morgan fingerprint density at radius 2 is 1.81 bits per heavy atom. The molecule has 8 heteroatoms. The Bertz CT molecular complexity index is 869. The fourth-order valence-corrected chi connectivity index (χ4v) is 2.63. The molecule has 0 radical (unpaired) electrons. The summed E-state index contributed by atoms with van der Waals surface area (Å²) < 4.78 is 39.4. The smallest absolute Gasteiger partial charge is 0.387 e. The van der Waals surface area contributed by atoms with Gasteiger partial charge in [-0.05, 0) is 36.9 Å². The minimum absolute atomic E-state index is 0.134. The summed E-state index contributed by atoms with van der Waals surface area (Å²) in [5.74, 6) is 1.74. The lowest BCUT2D eigenvalue weighted by Crippen LogP contribution is -2.17. The summed E-state index contributed by atoms with van der Waals surface area (Å²) in [5, 5.41) is 4.01. The number of halogens is 2. The Kier molecular flexibility index (Phi) is 5.97. The largest absolute Gasteiger partial charge is 0.496 e. The lowest BCUT2D eigenvalue weighted by atomic mass is 10.2. The zero-order chi connectivity index (χ0) is 19.2. The molecule has 0 aliphatic carbocycles. The maximum absolute atomic E-state index is 12.2. The molecule has 0 amide bonds. The zero-order valence-electron chi connectivity index (χ0n) is 14.9. The molecule has 2 aromatic carbocycles. The minimum Gasteiger partial charge on any atom is -0.496 e. The van der Waals surface area contributed by atoms with Crippen LogP contribution < -0.4 is 9.47 Å². The summed E-state index contributed by atoms with van der Waals surface area (Å²) >= 11 is 0. The van der Waals surface area contributed by atoms with E-state index in [9.17, 15) is 8.78 Å². The number of ether oxygens (including phenoxy) is 2. The van der Waals surface area contributed by atoms with Crippen LogP contribution >= 0.6 is 0 Å². The molecule has 3 rings (SSSR count).